The maximum absolute atomic E-state index is 6.11. The van der Waals surface area contributed by atoms with Crippen LogP contribution in [-0.4, -0.2) is 4.98 Å². The van der Waals surface area contributed by atoms with Gasteiger partial charge in [-0.25, -0.2) is 4.98 Å². The molecule has 3 N–H and O–H groups in total. The molecule has 0 radical (unpaired) electrons. The number of nitrogens with zero attached hydrogens (tertiary/aromatic N) is 1. The molecule has 0 amide bonds. The summed E-state index contributed by atoms with van der Waals surface area (Å²) in [6.07, 6.45) is 1.63. The molecule has 0 aliphatic heterocycles. The zero-order chi connectivity index (χ0) is 12.4. The lowest BCUT2D eigenvalue weighted by molar-refractivity contribution is 1.28. The highest BCUT2D eigenvalue weighted by Gasteiger charge is 2.03. The zero-order valence-corrected chi connectivity index (χ0v) is 11.5. The minimum absolute atomic E-state index is 0.635. The monoisotopic (exact) mass is 311 g/mol. The van der Waals surface area contributed by atoms with Crippen LogP contribution in [0.3, 0.4) is 0 Å². The molecule has 0 unspecified atom stereocenters. The second-order valence-corrected chi connectivity index (χ2v) is 5.00. The van der Waals surface area contributed by atoms with Gasteiger partial charge in [0.1, 0.15) is 5.82 Å². The van der Waals surface area contributed by atoms with E-state index in [-0.39, 0.29) is 0 Å². The Kier molecular flexibility index (Phi) is 3.54. The lowest BCUT2D eigenvalue weighted by atomic mass is 10.2. The van der Waals surface area contributed by atoms with Gasteiger partial charge in [0.25, 0.3) is 0 Å². The Morgan fingerprint density at radius 1 is 1.35 bits per heavy atom. The van der Waals surface area contributed by atoms with Crippen molar-refractivity contribution in [1.82, 2.24) is 4.98 Å². The highest BCUT2D eigenvalue weighted by atomic mass is 79.9. The molecule has 2 rings (SSSR count). The van der Waals surface area contributed by atoms with E-state index >= 15 is 0 Å². The van der Waals surface area contributed by atoms with Gasteiger partial charge in [0.2, 0.25) is 0 Å². The Morgan fingerprint density at radius 3 is 2.76 bits per heavy atom. The SMILES string of the molecule is Cc1cc(Nc2ccc(Br)cc2Cl)ncc1N. The summed E-state index contributed by atoms with van der Waals surface area (Å²) in [5, 5.41) is 3.78. The van der Waals surface area contributed by atoms with Gasteiger partial charge in [-0.1, -0.05) is 27.5 Å². The molecular formula is C12H11BrClN3. The fourth-order valence-corrected chi connectivity index (χ4v) is 2.08. The number of pyridine rings is 1. The number of anilines is 3. The smallest absolute Gasteiger partial charge is 0.130 e. The lowest BCUT2D eigenvalue weighted by Gasteiger charge is -2.09. The quantitative estimate of drug-likeness (QED) is 0.876. The standard InChI is InChI=1S/C12H11BrClN3/c1-7-4-12(16-6-10(7)15)17-11-3-2-8(13)5-9(11)14/h2-6H,15H2,1H3,(H,16,17). The number of nitrogen functional groups attached to an aromatic ring is 1. The fraction of sp³-hybridized carbons (Fsp3) is 0.0833. The maximum atomic E-state index is 6.11. The molecule has 1 aromatic carbocycles. The minimum Gasteiger partial charge on any atom is -0.397 e. The number of halogens is 2. The average Bonchev–Trinajstić information content (AvgIpc) is 2.27. The molecule has 2 aromatic rings. The minimum atomic E-state index is 0.635. The van der Waals surface area contributed by atoms with E-state index in [0.717, 1.165) is 21.5 Å². The predicted molar refractivity (Wildman–Crippen MR) is 75.8 cm³/mol. The maximum Gasteiger partial charge on any atom is 0.130 e. The predicted octanol–water partition coefficient (Wildman–Crippen LogP) is 4.13. The van der Waals surface area contributed by atoms with Crippen LogP contribution in [0.4, 0.5) is 17.2 Å². The molecule has 5 heteroatoms. The van der Waals surface area contributed by atoms with E-state index < -0.39 is 0 Å². The fourth-order valence-electron chi connectivity index (χ4n) is 1.36. The van der Waals surface area contributed by atoms with Crippen molar-refractivity contribution in [3.63, 3.8) is 0 Å². The second kappa shape index (κ2) is 4.94. The van der Waals surface area contributed by atoms with Crippen LogP contribution in [0.5, 0.6) is 0 Å². The third kappa shape index (κ3) is 2.90. The summed E-state index contributed by atoms with van der Waals surface area (Å²) in [4.78, 5) is 4.19. The highest BCUT2D eigenvalue weighted by molar-refractivity contribution is 9.10. The van der Waals surface area contributed by atoms with Crippen LogP contribution >= 0.6 is 27.5 Å². The van der Waals surface area contributed by atoms with Crippen LogP contribution in [0, 0.1) is 6.92 Å². The first-order chi connectivity index (χ1) is 8.06. The van der Waals surface area contributed by atoms with Crippen molar-refractivity contribution in [3.8, 4) is 0 Å². The molecule has 0 aliphatic carbocycles. The first kappa shape index (κ1) is 12.2. The van der Waals surface area contributed by atoms with Gasteiger partial charge < -0.3 is 11.1 Å². The number of hydrogen-bond donors (Lipinski definition) is 2. The summed E-state index contributed by atoms with van der Waals surface area (Å²) >= 11 is 9.46. The molecule has 0 spiro atoms. The summed E-state index contributed by atoms with van der Waals surface area (Å²) in [7, 11) is 0. The van der Waals surface area contributed by atoms with Gasteiger partial charge in [-0.3, -0.25) is 0 Å². The molecule has 1 heterocycles. The van der Waals surface area contributed by atoms with Crippen molar-refractivity contribution >= 4 is 44.7 Å². The number of hydrogen-bond acceptors (Lipinski definition) is 3. The van der Waals surface area contributed by atoms with Gasteiger partial charge in [0.05, 0.1) is 22.6 Å². The molecule has 0 saturated heterocycles. The van der Waals surface area contributed by atoms with Gasteiger partial charge in [0, 0.05) is 4.47 Å². The first-order valence-corrected chi connectivity index (χ1v) is 6.17. The van der Waals surface area contributed by atoms with Crippen LogP contribution in [0.25, 0.3) is 0 Å². The number of nitrogens with two attached hydrogens (primary N) is 1. The van der Waals surface area contributed by atoms with Crippen molar-refractivity contribution in [2.45, 2.75) is 6.92 Å². The summed E-state index contributed by atoms with van der Waals surface area (Å²) in [5.41, 5.74) is 8.18. The molecule has 0 fully saturated rings. The topological polar surface area (TPSA) is 50.9 Å². The third-order valence-electron chi connectivity index (χ3n) is 2.35. The summed E-state index contributed by atoms with van der Waals surface area (Å²) in [6, 6.07) is 7.51. The Hall–Kier alpha value is -1.26. The largest absolute Gasteiger partial charge is 0.397 e. The van der Waals surface area contributed by atoms with Crippen LogP contribution in [0.2, 0.25) is 5.02 Å². The Labute approximate surface area is 113 Å². The normalized spacial score (nSPS) is 10.3. The van der Waals surface area contributed by atoms with Crippen molar-refractivity contribution in [2.75, 3.05) is 11.1 Å². The van der Waals surface area contributed by atoms with Gasteiger partial charge in [-0.05, 0) is 36.8 Å². The summed E-state index contributed by atoms with van der Waals surface area (Å²) < 4.78 is 0.939. The van der Waals surface area contributed by atoms with Gasteiger partial charge in [-0.15, -0.1) is 0 Å². The van der Waals surface area contributed by atoms with E-state index in [2.05, 4.69) is 26.2 Å². The number of nitrogens with one attached hydrogen (secondary N) is 1. The summed E-state index contributed by atoms with van der Waals surface area (Å²) in [5.74, 6) is 0.723. The number of aromatic nitrogens is 1. The molecule has 0 saturated carbocycles. The van der Waals surface area contributed by atoms with Crippen molar-refractivity contribution in [2.24, 2.45) is 0 Å². The molecular weight excluding hydrogens is 302 g/mol. The van der Waals surface area contributed by atoms with Crippen molar-refractivity contribution in [1.29, 1.82) is 0 Å². The van der Waals surface area contributed by atoms with Crippen LogP contribution in [0.1, 0.15) is 5.56 Å². The van der Waals surface area contributed by atoms with E-state index in [1.807, 2.05) is 31.2 Å². The van der Waals surface area contributed by atoms with Crippen LogP contribution < -0.4 is 11.1 Å². The van der Waals surface area contributed by atoms with Crippen molar-refractivity contribution < 1.29 is 0 Å². The number of aryl methyl sites for hydroxylation is 1. The van der Waals surface area contributed by atoms with E-state index in [1.165, 1.54) is 0 Å². The summed E-state index contributed by atoms with van der Waals surface area (Å²) in [6.45, 7) is 1.94. The van der Waals surface area contributed by atoms with Crippen LogP contribution in [-0.2, 0) is 0 Å². The number of benzene rings is 1. The first-order valence-electron chi connectivity index (χ1n) is 5.00. The Bertz CT molecular complexity index is 557. The third-order valence-corrected chi connectivity index (χ3v) is 3.15. The van der Waals surface area contributed by atoms with E-state index in [9.17, 15) is 0 Å². The molecule has 0 atom stereocenters. The zero-order valence-electron chi connectivity index (χ0n) is 9.17. The van der Waals surface area contributed by atoms with E-state index in [1.54, 1.807) is 6.20 Å². The second-order valence-electron chi connectivity index (χ2n) is 3.68. The average molecular weight is 313 g/mol. The lowest BCUT2D eigenvalue weighted by Crippen LogP contribution is -1.97. The van der Waals surface area contributed by atoms with Crippen molar-refractivity contribution in [3.05, 3.63) is 45.5 Å². The molecule has 0 aliphatic rings. The molecule has 3 nitrogen and oxygen atoms in total. The van der Waals surface area contributed by atoms with Gasteiger partial charge >= 0.3 is 0 Å². The molecule has 17 heavy (non-hydrogen) atoms. The Balaban J connectivity index is 2.28. The van der Waals surface area contributed by atoms with Gasteiger partial charge in [0.15, 0.2) is 0 Å². The van der Waals surface area contributed by atoms with E-state index in [0.29, 0.717) is 10.7 Å². The van der Waals surface area contributed by atoms with Gasteiger partial charge in [-0.2, -0.15) is 0 Å². The van der Waals surface area contributed by atoms with E-state index in [4.69, 9.17) is 17.3 Å². The molecule has 0 bridgehead atoms. The highest BCUT2D eigenvalue weighted by Crippen LogP contribution is 2.28. The van der Waals surface area contributed by atoms with Crippen LogP contribution in [0.15, 0.2) is 34.9 Å². The number of rotatable bonds is 2. The molecule has 1 aromatic heterocycles. The Morgan fingerprint density at radius 2 is 2.12 bits per heavy atom. The molecule has 88 valence electrons.